The van der Waals surface area contributed by atoms with Gasteiger partial charge < -0.3 is 25.5 Å². The van der Waals surface area contributed by atoms with Gasteiger partial charge in [-0.15, -0.1) is 0 Å². The molecule has 8 nitrogen and oxygen atoms in total. The van der Waals surface area contributed by atoms with Crippen molar-refractivity contribution in [1.29, 1.82) is 0 Å². The van der Waals surface area contributed by atoms with Crippen molar-refractivity contribution >= 4 is 28.4 Å². The van der Waals surface area contributed by atoms with Crippen LogP contribution in [0.2, 0.25) is 0 Å². The molecule has 3 aromatic rings. The van der Waals surface area contributed by atoms with Crippen molar-refractivity contribution in [2.75, 3.05) is 18.0 Å². The lowest BCUT2D eigenvalue weighted by Crippen LogP contribution is -2.48. The Hall–Kier alpha value is -3.29. The first-order valence-electron chi connectivity index (χ1n) is 10.2. The molecular formula is C22H27N5O3. The molecule has 30 heavy (non-hydrogen) atoms. The summed E-state index contributed by atoms with van der Waals surface area (Å²) < 4.78 is 5.34. The molecule has 0 saturated carbocycles. The Labute approximate surface area is 174 Å². The highest BCUT2D eigenvalue weighted by Crippen LogP contribution is 2.31. The Kier molecular flexibility index (Phi) is 5.01. The van der Waals surface area contributed by atoms with E-state index in [0.29, 0.717) is 23.6 Å². The van der Waals surface area contributed by atoms with Crippen molar-refractivity contribution in [2.45, 2.75) is 45.1 Å². The first-order valence-corrected chi connectivity index (χ1v) is 10.2. The number of carbonyl (C=O) groups is 2. The molecule has 1 aliphatic rings. The summed E-state index contributed by atoms with van der Waals surface area (Å²) in [6, 6.07) is 7.33. The minimum atomic E-state index is -0.458. The normalized spacial score (nSPS) is 17.3. The average molecular weight is 409 g/mol. The molecule has 0 unspecified atom stereocenters. The van der Waals surface area contributed by atoms with Gasteiger partial charge in [-0.05, 0) is 31.0 Å². The van der Waals surface area contributed by atoms with E-state index in [9.17, 15) is 9.59 Å². The summed E-state index contributed by atoms with van der Waals surface area (Å²) in [5.41, 5.74) is 7.83. The van der Waals surface area contributed by atoms with Crippen LogP contribution in [0.1, 0.15) is 60.2 Å². The molecule has 0 spiro atoms. The van der Waals surface area contributed by atoms with E-state index in [2.05, 4.69) is 20.4 Å². The van der Waals surface area contributed by atoms with E-state index in [1.807, 2.05) is 32.9 Å². The van der Waals surface area contributed by atoms with Crippen LogP contribution in [0.5, 0.6) is 0 Å². The molecule has 2 amide bonds. The van der Waals surface area contributed by atoms with Gasteiger partial charge in [0.1, 0.15) is 5.76 Å². The molecule has 1 saturated heterocycles. The highest BCUT2D eigenvalue weighted by molar-refractivity contribution is 6.08. The second kappa shape index (κ2) is 7.51. The van der Waals surface area contributed by atoms with E-state index in [0.717, 1.165) is 36.0 Å². The summed E-state index contributed by atoms with van der Waals surface area (Å²) in [4.78, 5) is 29.7. The number of nitrogens with two attached hydrogens (primary N) is 1. The Morgan fingerprint density at radius 2 is 2.10 bits per heavy atom. The van der Waals surface area contributed by atoms with E-state index in [4.69, 9.17) is 10.3 Å². The van der Waals surface area contributed by atoms with Crippen molar-refractivity contribution < 1.29 is 14.1 Å². The number of carbonyl (C=O) groups excluding carboxylic acids is 2. The number of piperidine rings is 1. The molecule has 0 aliphatic carbocycles. The summed E-state index contributed by atoms with van der Waals surface area (Å²) in [5.74, 6) is -0.000647. The standard InChI is InChI=1S/C22H27N5O3/c1-22(2,3)18-11-16(26-30-18)21(29)25-13-5-4-10-27(12-13)17-7-6-15(20(23)28)19-14(17)8-9-24-19/h6-9,11,13,24H,4-5,10,12H2,1-3H3,(H2,23,28)(H,25,29)/t13-/m1/s1. The van der Waals surface area contributed by atoms with E-state index < -0.39 is 5.91 Å². The van der Waals surface area contributed by atoms with E-state index in [-0.39, 0.29) is 17.4 Å². The van der Waals surface area contributed by atoms with Crippen molar-refractivity contribution in [3.63, 3.8) is 0 Å². The topological polar surface area (TPSA) is 117 Å². The Morgan fingerprint density at radius 1 is 1.30 bits per heavy atom. The molecule has 4 rings (SSSR count). The smallest absolute Gasteiger partial charge is 0.273 e. The highest BCUT2D eigenvalue weighted by atomic mass is 16.5. The first kappa shape index (κ1) is 20.0. The van der Waals surface area contributed by atoms with E-state index in [1.54, 1.807) is 18.3 Å². The lowest BCUT2D eigenvalue weighted by molar-refractivity contribution is 0.0922. The molecule has 8 heteroatoms. The molecule has 1 aliphatic heterocycles. The maximum absolute atomic E-state index is 12.7. The quantitative estimate of drug-likeness (QED) is 0.612. The second-order valence-corrected chi connectivity index (χ2v) is 8.85. The van der Waals surface area contributed by atoms with Crippen LogP contribution in [0.4, 0.5) is 5.69 Å². The molecular weight excluding hydrogens is 382 g/mol. The molecule has 0 bridgehead atoms. The molecule has 1 fully saturated rings. The number of nitrogens with one attached hydrogen (secondary N) is 2. The predicted molar refractivity (Wildman–Crippen MR) is 115 cm³/mol. The summed E-state index contributed by atoms with van der Waals surface area (Å²) in [6.07, 6.45) is 3.64. The number of aromatic nitrogens is 2. The number of rotatable bonds is 4. The van der Waals surface area contributed by atoms with Gasteiger partial charge >= 0.3 is 0 Å². The van der Waals surface area contributed by atoms with Crippen LogP contribution in [-0.2, 0) is 5.41 Å². The van der Waals surface area contributed by atoms with E-state index in [1.165, 1.54) is 0 Å². The molecule has 0 radical (unpaired) electrons. The lowest BCUT2D eigenvalue weighted by atomic mass is 9.93. The Bertz CT molecular complexity index is 1090. The fraction of sp³-hybridized carbons (Fsp3) is 0.409. The molecule has 1 atom stereocenters. The summed E-state index contributed by atoms with van der Waals surface area (Å²) in [7, 11) is 0. The third-order valence-corrected chi connectivity index (χ3v) is 5.54. The zero-order valence-electron chi connectivity index (χ0n) is 17.5. The number of hydrogen-bond donors (Lipinski definition) is 3. The number of benzene rings is 1. The Morgan fingerprint density at radius 3 is 2.80 bits per heavy atom. The van der Waals surface area contributed by atoms with Gasteiger partial charge in [0.05, 0.1) is 11.1 Å². The number of anilines is 1. The van der Waals surface area contributed by atoms with Crippen LogP contribution in [0.25, 0.3) is 10.9 Å². The highest BCUT2D eigenvalue weighted by Gasteiger charge is 2.26. The predicted octanol–water partition coefficient (Wildman–Crippen LogP) is 2.95. The van der Waals surface area contributed by atoms with Crippen LogP contribution in [-0.4, -0.2) is 41.1 Å². The average Bonchev–Trinajstić information content (AvgIpc) is 3.36. The number of primary amides is 1. The summed E-state index contributed by atoms with van der Waals surface area (Å²) >= 11 is 0. The number of nitrogens with zero attached hydrogens (tertiary/aromatic N) is 2. The van der Waals surface area contributed by atoms with Crippen molar-refractivity contribution in [3.8, 4) is 0 Å². The van der Waals surface area contributed by atoms with Gasteiger partial charge in [-0.1, -0.05) is 25.9 Å². The number of H-pyrrole nitrogens is 1. The third-order valence-electron chi connectivity index (χ3n) is 5.54. The SMILES string of the molecule is CC(C)(C)c1cc(C(=O)N[C@@H]2CCCN(c3ccc(C(N)=O)c4[nH]ccc34)C2)no1. The Balaban J connectivity index is 1.50. The van der Waals surface area contributed by atoms with Crippen LogP contribution in [0.15, 0.2) is 35.0 Å². The van der Waals surface area contributed by atoms with Gasteiger partial charge in [0.25, 0.3) is 11.8 Å². The van der Waals surface area contributed by atoms with Gasteiger partial charge in [0, 0.05) is 47.9 Å². The van der Waals surface area contributed by atoms with Gasteiger partial charge in [0.2, 0.25) is 0 Å². The summed E-state index contributed by atoms with van der Waals surface area (Å²) in [5, 5.41) is 7.97. The number of amides is 2. The van der Waals surface area contributed by atoms with Crippen molar-refractivity contribution in [1.82, 2.24) is 15.5 Å². The minimum absolute atomic E-state index is 0.00848. The van der Waals surface area contributed by atoms with Crippen LogP contribution < -0.4 is 16.0 Å². The maximum atomic E-state index is 12.7. The second-order valence-electron chi connectivity index (χ2n) is 8.85. The lowest BCUT2D eigenvalue weighted by Gasteiger charge is -2.35. The zero-order valence-corrected chi connectivity index (χ0v) is 17.5. The zero-order chi connectivity index (χ0) is 21.5. The number of hydrogen-bond acceptors (Lipinski definition) is 5. The maximum Gasteiger partial charge on any atom is 0.273 e. The minimum Gasteiger partial charge on any atom is -0.369 e. The van der Waals surface area contributed by atoms with Gasteiger partial charge in [0.15, 0.2) is 5.69 Å². The van der Waals surface area contributed by atoms with E-state index >= 15 is 0 Å². The molecule has 2 aromatic heterocycles. The van der Waals surface area contributed by atoms with Gasteiger partial charge in [-0.25, -0.2) is 0 Å². The van der Waals surface area contributed by atoms with Crippen molar-refractivity contribution in [2.24, 2.45) is 5.73 Å². The molecule has 1 aromatic carbocycles. The fourth-order valence-corrected chi connectivity index (χ4v) is 3.93. The van der Waals surface area contributed by atoms with Gasteiger partial charge in [-0.3, -0.25) is 9.59 Å². The molecule has 4 N–H and O–H groups in total. The first-order chi connectivity index (χ1) is 14.2. The molecule has 158 valence electrons. The largest absolute Gasteiger partial charge is 0.369 e. The van der Waals surface area contributed by atoms with Crippen LogP contribution >= 0.6 is 0 Å². The van der Waals surface area contributed by atoms with Gasteiger partial charge in [-0.2, -0.15) is 0 Å². The van der Waals surface area contributed by atoms with Crippen LogP contribution in [0, 0.1) is 0 Å². The summed E-state index contributed by atoms with van der Waals surface area (Å²) in [6.45, 7) is 7.59. The molecule has 3 heterocycles. The fourth-order valence-electron chi connectivity index (χ4n) is 3.93. The van der Waals surface area contributed by atoms with Crippen molar-refractivity contribution in [3.05, 3.63) is 47.5 Å². The number of fused-ring (bicyclic) bond motifs is 1. The number of aromatic amines is 1. The monoisotopic (exact) mass is 409 g/mol. The van der Waals surface area contributed by atoms with Crippen LogP contribution in [0.3, 0.4) is 0 Å². The third kappa shape index (κ3) is 3.77.